The SMILES string of the molecule is CC(=O)[C@@H]1CCCN1C(=O)C1C[C@H]1CC(C)C. The first-order valence-corrected chi connectivity index (χ1v) is 6.81. The highest BCUT2D eigenvalue weighted by atomic mass is 16.2. The fourth-order valence-electron chi connectivity index (χ4n) is 3.08. The van der Waals surface area contributed by atoms with Crippen LogP contribution in [0.5, 0.6) is 0 Å². The summed E-state index contributed by atoms with van der Waals surface area (Å²) in [7, 11) is 0. The number of carbonyl (C=O) groups is 2. The second kappa shape index (κ2) is 4.79. The van der Waals surface area contributed by atoms with E-state index in [0.29, 0.717) is 11.8 Å². The summed E-state index contributed by atoms with van der Waals surface area (Å²) in [5.41, 5.74) is 0. The van der Waals surface area contributed by atoms with E-state index in [1.165, 1.54) is 0 Å². The van der Waals surface area contributed by atoms with Gasteiger partial charge in [-0.05, 0) is 44.4 Å². The van der Waals surface area contributed by atoms with Gasteiger partial charge in [-0.3, -0.25) is 9.59 Å². The molecule has 1 saturated heterocycles. The van der Waals surface area contributed by atoms with Gasteiger partial charge in [-0.25, -0.2) is 0 Å². The number of likely N-dealkylation sites (tertiary alicyclic amines) is 1. The van der Waals surface area contributed by atoms with Gasteiger partial charge in [0, 0.05) is 12.5 Å². The number of amides is 1. The molecule has 0 spiro atoms. The molecular formula is C14H23NO2. The Hall–Kier alpha value is -0.860. The molecular weight excluding hydrogens is 214 g/mol. The fourth-order valence-corrected chi connectivity index (χ4v) is 3.08. The number of rotatable bonds is 4. The third-order valence-corrected chi connectivity index (χ3v) is 4.02. The molecule has 2 fully saturated rings. The second-order valence-electron chi connectivity index (χ2n) is 6.03. The molecule has 3 nitrogen and oxygen atoms in total. The summed E-state index contributed by atoms with van der Waals surface area (Å²) in [4.78, 5) is 25.6. The van der Waals surface area contributed by atoms with Crippen molar-refractivity contribution in [3.63, 3.8) is 0 Å². The average molecular weight is 237 g/mol. The quantitative estimate of drug-likeness (QED) is 0.752. The standard InChI is InChI=1S/C14H23NO2/c1-9(2)7-11-8-12(11)14(17)15-6-4-5-13(15)10(3)16/h9,11-13H,4-8H2,1-3H3/t11-,12?,13+/m1/s1. The lowest BCUT2D eigenvalue weighted by Gasteiger charge is -2.22. The Morgan fingerprint density at radius 2 is 2.06 bits per heavy atom. The van der Waals surface area contributed by atoms with Crippen LogP contribution in [0.3, 0.4) is 0 Å². The van der Waals surface area contributed by atoms with Gasteiger partial charge in [0.1, 0.15) is 0 Å². The third kappa shape index (κ3) is 2.70. The highest BCUT2D eigenvalue weighted by molar-refractivity contribution is 5.90. The van der Waals surface area contributed by atoms with Crippen LogP contribution in [0.2, 0.25) is 0 Å². The van der Waals surface area contributed by atoms with Crippen LogP contribution in [-0.4, -0.2) is 29.2 Å². The molecule has 96 valence electrons. The van der Waals surface area contributed by atoms with Crippen LogP contribution in [-0.2, 0) is 9.59 Å². The Kier molecular flexibility index (Phi) is 3.55. The maximum Gasteiger partial charge on any atom is 0.226 e. The predicted octanol–water partition coefficient (Wildman–Crippen LogP) is 2.25. The lowest BCUT2D eigenvalue weighted by atomic mass is 10.1. The van der Waals surface area contributed by atoms with Gasteiger partial charge in [0.05, 0.1) is 6.04 Å². The smallest absolute Gasteiger partial charge is 0.226 e. The summed E-state index contributed by atoms with van der Waals surface area (Å²) >= 11 is 0. The minimum absolute atomic E-state index is 0.122. The Balaban J connectivity index is 1.91. The molecule has 0 aromatic rings. The molecule has 1 aliphatic heterocycles. The molecule has 1 unspecified atom stereocenters. The first-order valence-electron chi connectivity index (χ1n) is 6.81. The summed E-state index contributed by atoms with van der Waals surface area (Å²) in [5, 5.41) is 0. The molecule has 2 rings (SSSR count). The second-order valence-corrected chi connectivity index (χ2v) is 6.03. The van der Waals surface area contributed by atoms with E-state index in [0.717, 1.165) is 32.2 Å². The third-order valence-electron chi connectivity index (χ3n) is 4.02. The molecule has 1 heterocycles. The molecule has 1 saturated carbocycles. The van der Waals surface area contributed by atoms with Gasteiger partial charge in [0.2, 0.25) is 5.91 Å². The predicted molar refractivity (Wildman–Crippen MR) is 66.5 cm³/mol. The number of ketones is 1. The van der Waals surface area contributed by atoms with E-state index in [1.54, 1.807) is 6.92 Å². The highest BCUT2D eigenvalue weighted by Crippen LogP contribution is 2.45. The van der Waals surface area contributed by atoms with E-state index < -0.39 is 0 Å². The molecule has 0 bridgehead atoms. The Bertz CT molecular complexity index is 324. The molecule has 3 heteroatoms. The molecule has 2 aliphatic rings. The van der Waals surface area contributed by atoms with Crippen molar-refractivity contribution in [3.05, 3.63) is 0 Å². The summed E-state index contributed by atoms with van der Waals surface area (Å²) < 4.78 is 0. The van der Waals surface area contributed by atoms with Crippen molar-refractivity contribution in [1.29, 1.82) is 0 Å². The van der Waals surface area contributed by atoms with Gasteiger partial charge in [-0.2, -0.15) is 0 Å². The van der Waals surface area contributed by atoms with E-state index in [4.69, 9.17) is 0 Å². The Morgan fingerprint density at radius 3 is 2.65 bits per heavy atom. The summed E-state index contributed by atoms with van der Waals surface area (Å²) in [6.07, 6.45) is 4.04. The van der Waals surface area contributed by atoms with Gasteiger partial charge < -0.3 is 4.90 Å². The molecule has 1 aliphatic carbocycles. The van der Waals surface area contributed by atoms with Crippen molar-refractivity contribution in [1.82, 2.24) is 4.90 Å². The monoisotopic (exact) mass is 237 g/mol. The van der Waals surface area contributed by atoms with E-state index in [9.17, 15) is 9.59 Å². The molecule has 0 aromatic carbocycles. The largest absolute Gasteiger partial charge is 0.332 e. The van der Waals surface area contributed by atoms with Crippen LogP contribution < -0.4 is 0 Å². The number of nitrogens with zero attached hydrogens (tertiary/aromatic N) is 1. The van der Waals surface area contributed by atoms with Crippen LogP contribution in [0.15, 0.2) is 0 Å². The van der Waals surface area contributed by atoms with Crippen molar-refractivity contribution in [2.75, 3.05) is 6.54 Å². The minimum Gasteiger partial charge on any atom is -0.332 e. The maximum atomic E-state index is 12.3. The van der Waals surface area contributed by atoms with E-state index in [1.807, 2.05) is 4.90 Å². The summed E-state index contributed by atoms with van der Waals surface area (Å²) in [5.74, 6) is 1.86. The van der Waals surface area contributed by atoms with E-state index in [-0.39, 0.29) is 23.7 Å². The first kappa shape index (κ1) is 12.6. The number of hydrogen-bond acceptors (Lipinski definition) is 2. The number of Topliss-reactive ketones (excluding diaryl/α,β-unsaturated/α-hetero) is 1. The summed E-state index contributed by atoms with van der Waals surface area (Å²) in [6, 6.07) is -0.122. The zero-order chi connectivity index (χ0) is 12.6. The van der Waals surface area contributed by atoms with Crippen LogP contribution in [0, 0.1) is 17.8 Å². The van der Waals surface area contributed by atoms with Crippen molar-refractivity contribution in [2.45, 2.75) is 52.5 Å². The molecule has 0 radical (unpaired) electrons. The molecule has 1 amide bonds. The van der Waals surface area contributed by atoms with Crippen LogP contribution in [0.25, 0.3) is 0 Å². The van der Waals surface area contributed by atoms with Crippen molar-refractivity contribution in [3.8, 4) is 0 Å². The topological polar surface area (TPSA) is 37.4 Å². The maximum absolute atomic E-state index is 12.3. The van der Waals surface area contributed by atoms with E-state index >= 15 is 0 Å². The average Bonchev–Trinajstić information content (AvgIpc) is 2.80. The van der Waals surface area contributed by atoms with Crippen LogP contribution in [0.4, 0.5) is 0 Å². The van der Waals surface area contributed by atoms with Gasteiger partial charge in [-0.1, -0.05) is 13.8 Å². The van der Waals surface area contributed by atoms with Crippen LogP contribution >= 0.6 is 0 Å². The van der Waals surface area contributed by atoms with Crippen LogP contribution in [0.1, 0.15) is 46.5 Å². The van der Waals surface area contributed by atoms with Gasteiger partial charge in [-0.15, -0.1) is 0 Å². The molecule has 17 heavy (non-hydrogen) atoms. The Labute approximate surface area is 104 Å². The highest BCUT2D eigenvalue weighted by Gasteiger charge is 2.47. The number of carbonyl (C=O) groups excluding carboxylic acids is 2. The first-order chi connectivity index (χ1) is 8.00. The molecule has 3 atom stereocenters. The normalized spacial score (nSPS) is 32.0. The van der Waals surface area contributed by atoms with Gasteiger partial charge >= 0.3 is 0 Å². The zero-order valence-corrected chi connectivity index (χ0v) is 11.1. The lowest BCUT2D eigenvalue weighted by molar-refractivity contribution is -0.138. The van der Waals surface area contributed by atoms with Gasteiger partial charge in [0.25, 0.3) is 0 Å². The molecule has 0 N–H and O–H groups in total. The van der Waals surface area contributed by atoms with Crippen molar-refractivity contribution >= 4 is 11.7 Å². The lowest BCUT2D eigenvalue weighted by Crippen LogP contribution is -2.40. The van der Waals surface area contributed by atoms with Crippen molar-refractivity contribution in [2.24, 2.45) is 17.8 Å². The fraction of sp³-hybridized carbons (Fsp3) is 0.857. The molecule has 0 aromatic heterocycles. The Morgan fingerprint density at radius 1 is 1.35 bits per heavy atom. The summed E-state index contributed by atoms with van der Waals surface area (Å²) in [6.45, 7) is 6.80. The zero-order valence-electron chi connectivity index (χ0n) is 11.1. The van der Waals surface area contributed by atoms with Crippen molar-refractivity contribution < 1.29 is 9.59 Å². The number of hydrogen-bond donors (Lipinski definition) is 0. The minimum atomic E-state index is -0.122. The van der Waals surface area contributed by atoms with Gasteiger partial charge in [0.15, 0.2) is 5.78 Å². The van der Waals surface area contributed by atoms with E-state index in [2.05, 4.69) is 13.8 Å².